The van der Waals surface area contributed by atoms with Gasteiger partial charge in [0.25, 0.3) is 0 Å². The molecule has 1 amide bonds. The van der Waals surface area contributed by atoms with Crippen LogP contribution in [0.15, 0.2) is 36.5 Å². The van der Waals surface area contributed by atoms with Gasteiger partial charge in [0.1, 0.15) is 5.82 Å². The molecule has 0 saturated heterocycles. The van der Waals surface area contributed by atoms with Crippen molar-refractivity contribution in [1.82, 2.24) is 4.98 Å². The second-order valence-electron chi connectivity index (χ2n) is 6.51. The minimum Gasteiger partial charge on any atom is -0.354 e. The van der Waals surface area contributed by atoms with Gasteiger partial charge in [-0.1, -0.05) is 32.0 Å². The van der Waals surface area contributed by atoms with Crippen LogP contribution in [0.2, 0.25) is 0 Å². The van der Waals surface area contributed by atoms with Gasteiger partial charge in [0.05, 0.1) is 11.9 Å². The molecule has 1 aliphatic carbocycles. The standard InChI is InChI=1S/C19H23N3O/c1-12(2)16-6-4-5-13(3)18(16)21-15-9-10-17(20-11-15)22-19(23)14-7-8-14/h4-6,9-12,14,21H,7-8H2,1-3H3,(H,20,22,23). The zero-order valence-corrected chi connectivity index (χ0v) is 13.9. The van der Waals surface area contributed by atoms with Crippen molar-refractivity contribution in [1.29, 1.82) is 0 Å². The summed E-state index contributed by atoms with van der Waals surface area (Å²) in [6, 6.07) is 10.1. The van der Waals surface area contributed by atoms with E-state index in [0.717, 1.165) is 24.2 Å². The van der Waals surface area contributed by atoms with E-state index in [-0.39, 0.29) is 11.8 Å². The van der Waals surface area contributed by atoms with Gasteiger partial charge in [0.15, 0.2) is 0 Å². The molecule has 0 unspecified atom stereocenters. The van der Waals surface area contributed by atoms with E-state index in [1.165, 1.54) is 11.1 Å². The zero-order valence-electron chi connectivity index (χ0n) is 13.9. The highest BCUT2D eigenvalue weighted by molar-refractivity contribution is 5.93. The van der Waals surface area contributed by atoms with Gasteiger partial charge in [-0.15, -0.1) is 0 Å². The van der Waals surface area contributed by atoms with Gasteiger partial charge < -0.3 is 10.6 Å². The molecule has 1 aromatic carbocycles. The van der Waals surface area contributed by atoms with E-state index in [1.807, 2.05) is 12.1 Å². The van der Waals surface area contributed by atoms with E-state index in [4.69, 9.17) is 0 Å². The molecule has 0 spiro atoms. The molecule has 0 bridgehead atoms. The van der Waals surface area contributed by atoms with E-state index < -0.39 is 0 Å². The van der Waals surface area contributed by atoms with Gasteiger partial charge in [-0.2, -0.15) is 0 Å². The van der Waals surface area contributed by atoms with Crippen molar-refractivity contribution in [2.45, 2.75) is 39.5 Å². The summed E-state index contributed by atoms with van der Waals surface area (Å²) in [5.41, 5.74) is 4.56. The number of carbonyl (C=O) groups excluding carboxylic acids is 1. The maximum atomic E-state index is 11.7. The Morgan fingerprint density at radius 3 is 2.61 bits per heavy atom. The third-order valence-electron chi connectivity index (χ3n) is 4.16. The maximum Gasteiger partial charge on any atom is 0.228 e. The van der Waals surface area contributed by atoms with Crippen LogP contribution in [0.3, 0.4) is 0 Å². The Morgan fingerprint density at radius 2 is 2.00 bits per heavy atom. The number of nitrogens with one attached hydrogen (secondary N) is 2. The number of hydrogen-bond donors (Lipinski definition) is 2. The van der Waals surface area contributed by atoms with E-state index in [9.17, 15) is 4.79 Å². The number of benzene rings is 1. The van der Waals surface area contributed by atoms with Crippen molar-refractivity contribution in [3.8, 4) is 0 Å². The molecule has 1 heterocycles. The molecule has 1 aliphatic rings. The molecule has 120 valence electrons. The number of aromatic nitrogens is 1. The second kappa shape index (κ2) is 6.41. The second-order valence-corrected chi connectivity index (χ2v) is 6.51. The van der Waals surface area contributed by atoms with E-state index in [2.05, 4.69) is 54.6 Å². The summed E-state index contributed by atoms with van der Waals surface area (Å²) in [6.45, 7) is 6.48. The molecule has 23 heavy (non-hydrogen) atoms. The molecular weight excluding hydrogens is 286 g/mol. The average molecular weight is 309 g/mol. The number of rotatable bonds is 5. The SMILES string of the molecule is Cc1cccc(C(C)C)c1Nc1ccc(NC(=O)C2CC2)nc1. The molecule has 4 nitrogen and oxygen atoms in total. The number of carbonyl (C=O) groups is 1. The Balaban J connectivity index is 1.74. The van der Waals surface area contributed by atoms with Gasteiger partial charge in [-0.25, -0.2) is 4.98 Å². The molecule has 3 rings (SSSR count). The highest BCUT2D eigenvalue weighted by Crippen LogP contribution is 2.31. The lowest BCUT2D eigenvalue weighted by molar-refractivity contribution is -0.117. The molecule has 0 radical (unpaired) electrons. The fraction of sp³-hybridized carbons (Fsp3) is 0.368. The predicted octanol–water partition coefficient (Wildman–Crippen LogP) is 4.61. The normalized spacial score (nSPS) is 13.9. The first-order chi connectivity index (χ1) is 11.0. The monoisotopic (exact) mass is 309 g/mol. The first-order valence-corrected chi connectivity index (χ1v) is 8.18. The topological polar surface area (TPSA) is 54.0 Å². The summed E-state index contributed by atoms with van der Waals surface area (Å²) in [4.78, 5) is 16.1. The fourth-order valence-electron chi connectivity index (χ4n) is 2.60. The lowest BCUT2D eigenvalue weighted by Gasteiger charge is -2.17. The molecule has 1 aromatic heterocycles. The van der Waals surface area contributed by atoms with Crippen LogP contribution in [0.5, 0.6) is 0 Å². The van der Waals surface area contributed by atoms with Crippen LogP contribution in [0.1, 0.15) is 43.7 Å². The van der Waals surface area contributed by atoms with Crippen LogP contribution in [-0.4, -0.2) is 10.9 Å². The molecular formula is C19H23N3O. The van der Waals surface area contributed by atoms with Gasteiger partial charge >= 0.3 is 0 Å². The highest BCUT2D eigenvalue weighted by Gasteiger charge is 2.29. The number of para-hydroxylation sites is 1. The number of hydrogen-bond acceptors (Lipinski definition) is 3. The van der Waals surface area contributed by atoms with Crippen LogP contribution in [0, 0.1) is 12.8 Å². The third-order valence-corrected chi connectivity index (χ3v) is 4.16. The van der Waals surface area contributed by atoms with Crippen molar-refractivity contribution in [2.24, 2.45) is 5.92 Å². The Kier molecular flexibility index (Phi) is 4.33. The van der Waals surface area contributed by atoms with Crippen molar-refractivity contribution in [3.63, 3.8) is 0 Å². The van der Waals surface area contributed by atoms with Gasteiger partial charge in [-0.05, 0) is 48.9 Å². The van der Waals surface area contributed by atoms with Crippen LogP contribution >= 0.6 is 0 Å². The quantitative estimate of drug-likeness (QED) is 0.848. The molecule has 2 aromatic rings. The number of aryl methyl sites for hydroxylation is 1. The molecule has 1 saturated carbocycles. The van der Waals surface area contributed by atoms with Gasteiger partial charge in [0.2, 0.25) is 5.91 Å². The smallest absolute Gasteiger partial charge is 0.228 e. The lowest BCUT2D eigenvalue weighted by atomic mass is 9.98. The first-order valence-electron chi connectivity index (χ1n) is 8.18. The molecule has 1 fully saturated rings. The summed E-state index contributed by atoms with van der Waals surface area (Å²) >= 11 is 0. The molecule has 0 aliphatic heterocycles. The number of anilines is 3. The Bertz CT molecular complexity index is 703. The first kappa shape index (κ1) is 15.5. The van der Waals surface area contributed by atoms with Crippen LogP contribution in [0.25, 0.3) is 0 Å². The number of pyridine rings is 1. The lowest BCUT2D eigenvalue weighted by Crippen LogP contribution is -2.14. The molecule has 4 heteroatoms. The summed E-state index contributed by atoms with van der Waals surface area (Å²) in [5, 5.41) is 6.32. The Morgan fingerprint density at radius 1 is 1.22 bits per heavy atom. The maximum absolute atomic E-state index is 11.7. The minimum absolute atomic E-state index is 0.0826. The van der Waals surface area contributed by atoms with Crippen molar-refractivity contribution in [2.75, 3.05) is 10.6 Å². The summed E-state index contributed by atoms with van der Waals surface area (Å²) < 4.78 is 0. The summed E-state index contributed by atoms with van der Waals surface area (Å²) in [7, 11) is 0. The zero-order chi connectivity index (χ0) is 16.4. The number of amides is 1. The van der Waals surface area contributed by atoms with Crippen LogP contribution in [-0.2, 0) is 4.79 Å². The minimum atomic E-state index is 0.0826. The summed E-state index contributed by atoms with van der Waals surface area (Å²) in [6.07, 6.45) is 3.76. The predicted molar refractivity (Wildman–Crippen MR) is 94.1 cm³/mol. The van der Waals surface area contributed by atoms with Crippen LogP contribution < -0.4 is 10.6 Å². The van der Waals surface area contributed by atoms with Gasteiger partial charge in [-0.3, -0.25) is 4.79 Å². The average Bonchev–Trinajstić information content (AvgIpc) is 3.35. The highest BCUT2D eigenvalue weighted by atomic mass is 16.2. The van der Waals surface area contributed by atoms with Crippen molar-refractivity contribution >= 4 is 23.1 Å². The van der Waals surface area contributed by atoms with Crippen LogP contribution in [0.4, 0.5) is 17.2 Å². The van der Waals surface area contributed by atoms with E-state index >= 15 is 0 Å². The fourth-order valence-corrected chi connectivity index (χ4v) is 2.60. The third kappa shape index (κ3) is 3.70. The van der Waals surface area contributed by atoms with E-state index in [0.29, 0.717) is 11.7 Å². The van der Waals surface area contributed by atoms with E-state index in [1.54, 1.807) is 6.20 Å². The van der Waals surface area contributed by atoms with Crippen molar-refractivity contribution < 1.29 is 4.79 Å². The number of nitrogens with zero attached hydrogens (tertiary/aromatic N) is 1. The molecule has 0 atom stereocenters. The summed E-state index contributed by atoms with van der Waals surface area (Å²) in [5.74, 6) is 1.33. The van der Waals surface area contributed by atoms with Crippen molar-refractivity contribution in [3.05, 3.63) is 47.7 Å². The van der Waals surface area contributed by atoms with Gasteiger partial charge in [0, 0.05) is 11.6 Å². The largest absolute Gasteiger partial charge is 0.354 e. The Hall–Kier alpha value is -2.36. The molecule has 2 N–H and O–H groups in total. The Labute approximate surface area is 137 Å².